The first-order chi connectivity index (χ1) is 20.9. The normalized spacial score (nSPS) is 12.1. The third-order valence-electron chi connectivity index (χ3n) is 6.92. The molecule has 6 aromatic rings. The number of rotatable bonds is 6. The van der Waals surface area contributed by atoms with Gasteiger partial charge in [-0.05, 0) is 60.0 Å². The van der Waals surface area contributed by atoms with Crippen molar-refractivity contribution in [2.24, 2.45) is 20.5 Å². The van der Waals surface area contributed by atoms with E-state index in [1.807, 2.05) is 0 Å². The number of hydrogen-bond acceptors (Lipinski definition) is 12. The number of phenols is 1. The van der Waals surface area contributed by atoms with Gasteiger partial charge in [-0.2, -0.15) is 0 Å². The minimum Gasteiger partial charge on any atom is -0.744 e. The number of hydrogen-bond donors (Lipinski definition) is 2. The van der Waals surface area contributed by atoms with E-state index >= 15 is 0 Å². The minimum absolute atomic E-state index is 0. The zero-order valence-electron chi connectivity index (χ0n) is 24.3. The second kappa shape index (κ2) is 13.8. The van der Waals surface area contributed by atoms with E-state index in [1.165, 1.54) is 42.5 Å². The van der Waals surface area contributed by atoms with E-state index in [2.05, 4.69) is 20.5 Å². The summed E-state index contributed by atoms with van der Waals surface area (Å²) in [7, 11) is -9.38. The zero-order valence-corrected chi connectivity index (χ0v) is 30.0. The van der Waals surface area contributed by atoms with Crippen LogP contribution in [-0.4, -0.2) is 31.0 Å². The molecule has 0 unspecified atom stereocenters. The van der Waals surface area contributed by atoms with Crippen LogP contribution < -0.4 is 64.8 Å². The number of nitrogen functional groups attached to an aromatic ring is 1. The van der Waals surface area contributed by atoms with Crippen LogP contribution in [0.1, 0.15) is 0 Å². The number of nitrogens with zero attached hydrogens (tertiary/aromatic N) is 4. The fourth-order valence-electron chi connectivity index (χ4n) is 4.77. The van der Waals surface area contributed by atoms with Crippen molar-refractivity contribution in [3.05, 3.63) is 97.1 Å². The molecule has 0 fully saturated rings. The monoisotopic (exact) mass is 671 g/mol. The van der Waals surface area contributed by atoms with Crippen LogP contribution in [0.25, 0.3) is 32.3 Å². The predicted octanol–water partition coefficient (Wildman–Crippen LogP) is 1.08. The summed E-state index contributed by atoms with van der Waals surface area (Å²) in [4.78, 5) is -0.822. The largest absolute Gasteiger partial charge is 1.00 e. The van der Waals surface area contributed by atoms with E-state index in [-0.39, 0.29) is 70.6 Å². The molecule has 16 heteroatoms. The molecule has 0 aromatic heterocycles. The van der Waals surface area contributed by atoms with Crippen LogP contribution in [0.3, 0.4) is 0 Å². The van der Waals surface area contributed by atoms with E-state index < -0.39 is 30.0 Å². The molecule has 0 saturated carbocycles. The Bertz CT molecular complexity index is 2440. The first-order valence-corrected chi connectivity index (χ1v) is 15.6. The van der Waals surface area contributed by atoms with Crippen molar-refractivity contribution >= 4 is 81.0 Å². The fourth-order valence-corrected chi connectivity index (χ4v) is 5.77. The van der Waals surface area contributed by atoms with Gasteiger partial charge in [-0.3, -0.25) is 0 Å². The molecule has 0 bridgehead atoms. The second-order valence-corrected chi connectivity index (χ2v) is 12.4. The number of benzene rings is 6. The van der Waals surface area contributed by atoms with Gasteiger partial charge in [-0.25, -0.2) is 16.8 Å². The summed E-state index contributed by atoms with van der Waals surface area (Å²) < 4.78 is 69.1. The number of phenolic OH excluding ortho intramolecular Hbond substituents is 1. The Morgan fingerprint density at radius 1 is 0.543 bits per heavy atom. The molecule has 0 amide bonds. The van der Waals surface area contributed by atoms with Crippen LogP contribution >= 0.6 is 0 Å². The number of nitrogens with two attached hydrogens (primary N) is 1. The van der Waals surface area contributed by atoms with Gasteiger partial charge >= 0.3 is 59.1 Å². The van der Waals surface area contributed by atoms with E-state index in [0.29, 0.717) is 55.1 Å². The Labute approximate surface area is 307 Å². The average Bonchev–Trinajstić information content (AvgIpc) is 2.99. The van der Waals surface area contributed by atoms with Crippen LogP contribution in [0.5, 0.6) is 5.75 Å². The summed E-state index contributed by atoms with van der Waals surface area (Å²) in [5.41, 5.74) is 7.69. The Morgan fingerprint density at radius 2 is 1.04 bits per heavy atom. The molecule has 0 saturated heterocycles. The number of aromatic hydroxyl groups is 1. The van der Waals surface area contributed by atoms with E-state index in [0.717, 1.165) is 6.07 Å². The van der Waals surface area contributed by atoms with Gasteiger partial charge in [0, 0.05) is 32.6 Å². The Balaban J connectivity index is 0.00000240. The number of azo groups is 2. The van der Waals surface area contributed by atoms with Crippen molar-refractivity contribution < 1.29 is 90.2 Å². The van der Waals surface area contributed by atoms with Crippen LogP contribution in [-0.2, 0) is 20.2 Å². The van der Waals surface area contributed by atoms with Gasteiger partial charge in [-0.1, -0.05) is 42.5 Å². The van der Waals surface area contributed by atoms with Gasteiger partial charge in [0.15, 0.2) is 0 Å². The summed E-state index contributed by atoms with van der Waals surface area (Å²) in [5, 5.41) is 30.7. The molecule has 46 heavy (non-hydrogen) atoms. The van der Waals surface area contributed by atoms with Crippen molar-refractivity contribution in [2.45, 2.75) is 9.79 Å². The standard InChI is InChI=1S/C30H21N5O7S2.2Na/c31-25-10-11-28(24-16-19(44(40,41)42)7-9-21(24)25)33-32-26-12-13-27(23-4-2-1-3-22(23)26)34-35-30-20-8-6-18(43(37,38)39)15-17(20)5-14-29(30)36;;/h1-16,36H,31H2,(H,37,38,39)(H,40,41,42);;/q;2*+1/p-2. The maximum absolute atomic E-state index is 11.6. The smallest absolute Gasteiger partial charge is 0.744 e. The number of fused-ring (bicyclic) bond motifs is 3. The molecule has 0 spiro atoms. The maximum atomic E-state index is 11.6. The van der Waals surface area contributed by atoms with Gasteiger partial charge in [0.1, 0.15) is 31.7 Å². The molecular weight excluding hydrogens is 652 g/mol. The van der Waals surface area contributed by atoms with Gasteiger partial charge < -0.3 is 19.9 Å². The van der Waals surface area contributed by atoms with E-state index in [9.17, 15) is 31.0 Å². The van der Waals surface area contributed by atoms with Crippen molar-refractivity contribution in [2.75, 3.05) is 5.73 Å². The molecule has 0 aliphatic rings. The molecule has 0 atom stereocenters. The number of anilines is 1. The quantitative estimate of drug-likeness (QED) is 0.113. The summed E-state index contributed by atoms with van der Waals surface area (Å²) in [5.74, 6) is -0.197. The Hall–Kier alpha value is -3.28. The van der Waals surface area contributed by atoms with Crippen molar-refractivity contribution in [1.29, 1.82) is 0 Å². The molecule has 0 aliphatic heterocycles. The minimum atomic E-state index is -4.71. The van der Waals surface area contributed by atoms with Crippen molar-refractivity contribution in [3.63, 3.8) is 0 Å². The molecule has 12 nitrogen and oxygen atoms in total. The Kier molecular flexibility index (Phi) is 10.7. The summed E-state index contributed by atoms with van der Waals surface area (Å²) in [6.45, 7) is 0. The summed E-state index contributed by atoms with van der Waals surface area (Å²) >= 11 is 0. The van der Waals surface area contributed by atoms with Crippen LogP contribution in [0.4, 0.5) is 28.4 Å². The van der Waals surface area contributed by atoms with Gasteiger partial charge in [0.05, 0.1) is 26.9 Å². The molecule has 0 heterocycles. The molecule has 0 radical (unpaired) electrons. The summed E-state index contributed by atoms with van der Waals surface area (Å²) in [6, 6.07) is 24.0. The van der Waals surface area contributed by atoms with Gasteiger partial charge in [0.2, 0.25) is 0 Å². The van der Waals surface area contributed by atoms with Crippen LogP contribution in [0, 0.1) is 0 Å². The molecule has 220 valence electrons. The molecular formula is C30H19N5Na2O7S2. The van der Waals surface area contributed by atoms with E-state index in [1.54, 1.807) is 48.5 Å². The molecule has 0 aliphatic carbocycles. The molecule has 6 rings (SSSR count). The predicted molar refractivity (Wildman–Crippen MR) is 162 cm³/mol. The van der Waals surface area contributed by atoms with Gasteiger partial charge in [-0.15, -0.1) is 20.5 Å². The maximum Gasteiger partial charge on any atom is 1.00 e. The van der Waals surface area contributed by atoms with Crippen LogP contribution in [0.2, 0.25) is 0 Å². The van der Waals surface area contributed by atoms with Crippen molar-refractivity contribution in [3.8, 4) is 5.75 Å². The van der Waals surface area contributed by atoms with Crippen molar-refractivity contribution in [1.82, 2.24) is 0 Å². The van der Waals surface area contributed by atoms with Crippen LogP contribution in [0.15, 0.2) is 127 Å². The van der Waals surface area contributed by atoms with E-state index in [4.69, 9.17) is 5.73 Å². The fraction of sp³-hybridized carbons (Fsp3) is 0. The first-order valence-electron chi connectivity index (χ1n) is 12.8. The zero-order chi connectivity index (χ0) is 31.2. The summed E-state index contributed by atoms with van der Waals surface area (Å²) in [6.07, 6.45) is 0. The molecule has 3 N–H and O–H groups in total. The third-order valence-corrected chi connectivity index (χ3v) is 8.58. The van der Waals surface area contributed by atoms with Gasteiger partial charge in [0.25, 0.3) is 0 Å². The first kappa shape index (κ1) is 35.6. The second-order valence-electron chi connectivity index (χ2n) is 9.66. The molecule has 6 aromatic carbocycles. The Morgan fingerprint density at radius 3 is 1.63 bits per heavy atom. The SMILES string of the molecule is Nc1ccc(N=Nc2ccc(N=Nc3c(O)ccc4cc(S(=O)(=O)[O-])ccc34)c3ccccc23)c2cc(S(=O)(=O)[O-])ccc12.[Na+].[Na+]. The topological polar surface area (TPSA) is 210 Å². The average molecular weight is 672 g/mol. The third kappa shape index (κ3) is 7.16.